The van der Waals surface area contributed by atoms with Crippen molar-refractivity contribution in [1.29, 1.82) is 5.53 Å². The van der Waals surface area contributed by atoms with Crippen LogP contribution in [-0.4, -0.2) is 7.21 Å². The van der Waals surface area contributed by atoms with E-state index in [1.54, 1.807) is 0 Å². The van der Waals surface area contributed by atoms with E-state index in [2.05, 4.69) is 36.8 Å². The molecule has 0 unspecified atom stereocenters. The summed E-state index contributed by atoms with van der Waals surface area (Å²) < 4.78 is 0. The number of nitrogens with one attached hydrogen (secondary N) is 1. The summed E-state index contributed by atoms with van der Waals surface area (Å²) in [5.74, 6) is 4.56. The molecule has 0 aromatic carbocycles. The van der Waals surface area contributed by atoms with Gasteiger partial charge in [-0.15, -0.1) is 0 Å². The van der Waals surface area contributed by atoms with Crippen molar-refractivity contribution in [3.63, 3.8) is 0 Å². The SMILES string of the molecule is N=N/N=N/B=N\N=N\N. The molecule has 0 spiro atoms. The summed E-state index contributed by atoms with van der Waals surface area (Å²) in [5.41, 5.74) is 6.11. The van der Waals surface area contributed by atoms with Crippen LogP contribution in [0.25, 0.3) is 0 Å². The van der Waals surface area contributed by atoms with Gasteiger partial charge in [-0.1, -0.05) is 0 Å². The second-order valence-corrected chi connectivity index (χ2v) is 0.741. The van der Waals surface area contributed by atoms with Crippen LogP contribution in [0, 0.1) is 5.53 Å². The second kappa shape index (κ2) is 6.46. The van der Waals surface area contributed by atoms with Gasteiger partial charge in [-0.25, -0.2) is 0 Å². The van der Waals surface area contributed by atoms with Crippen molar-refractivity contribution in [1.82, 2.24) is 0 Å². The summed E-state index contributed by atoms with van der Waals surface area (Å²) in [4.78, 5) is 0. The zero-order chi connectivity index (χ0) is 6.95. The molecule has 46 valence electrons. The van der Waals surface area contributed by atoms with Gasteiger partial charge < -0.3 is 0 Å². The standard InChI is InChI=1S/BH3N8/c2-6-8-4-1-5-9-7-3/h2H,(H2,3,9)/b6-2?,8-4+. The van der Waals surface area contributed by atoms with E-state index in [-0.39, 0.29) is 0 Å². The molecule has 0 aromatic heterocycles. The zero-order valence-electron chi connectivity index (χ0n) is 4.34. The second-order valence-electron chi connectivity index (χ2n) is 0.741. The number of hydrogen-bond donors (Lipinski definition) is 2. The van der Waals surface area contributed by atoms with Crippen LogP contribution in [0.4, 0.5) is 0 Å². The molecule has 0 aliphatic rings. The molecule has 0 amide bonds. The van der Waals surface area contributed by atoms with Crippen molar-refractivity contribution in [2.75, 3.05) is 0 Å². The Morgan fingerprint density at radius 2 is 2.11 bits per heavy atom. The molecule has 0 fully saturated rings. The number of rotatable bonds is 3. The van der Waals surface area contributed by atoms with Gasteiger partial charge in [0.05, 0.1) is 0 Å². The number of nitrogens with two attached hydrogens (primary N) is 1. The van der Waals surface area contributed by atoms with E-state index < -0.39 is 0 Å². The monoisotopic (exact) mass is 126 g/mol. The van der Waals surface area contributed by atoms with Crippen LogP contribution >= 0.6 is 0 Å². The van der Waals surface area contributed by atoms with E-state index >= 15 is 0 Å². The first kappa shape index (κ1) is 7.46. The Morgan fingerprint density at radius 3 is 2.67 bits per heavy atom. The molecule has 0 saturated carbocycles. The van der Waals surface area contributed by atoms with Gasteiger partial charge in [0, 0.05) is 0 Å². The molecule has 0 atom stereocenters. The van der Waals surface area contributed by atoms with Crippen molar-refractivity contribution in [3.8, 4) is 0 Å². The average molecular weight is 126 g/mol. The Labute approximate surface area is 50.7 Å². The van der Waals surface area contributed by atoms with Gasteiger partial charge in [0.2, 0.25) is 0 Å². The Hall–Kier alpha value is -1.54. The summed E-state index contributed by atoms with van der Waals surface area (Å²) in [5, 5.41) is 17.4. The summed E-state index contributed by atoms with van der Waals surface area (Å²) in [6.07, 6.45) is 0. The van der Waals surface area contributed by atoms with Crippen molar-refractivity contribution in [2.24, 2.45) is 36.8 Å². The van der Waals surface area contributed by atoms with Gasteiger partial charge in [0.1, 0.15) is 0 Å². The number of nitrogens with zero attached hydrogens (tertiary/aromatic N) is 6. The van der Waals surface area contributed by atoms with Crippen LogP contribution < -0.4 is 5.84 Å². The summed E-state index contributed by atoms with van der Waals surface area (Å²) >= 11 is 0. The Bertz CT molecular complexity index is 141. The van der Waals surface area contributed by atoms with E-state index in [0.717, 1.165) is 7.21 Å². The van der Waals surface area contributed by atoms with Crippen LogP contribution in [-0.2, 0) is 0 Å². The van der Waals surface area contributed by atoms with E-state index in [9.17, 15) is 0 Å². The van der Waals surface area contributed by atoms with Crippen LogP contribution in [0.5, 0.6) is 0 Å². The fraction of sp³-hybridized carbons (Fsp3) is 0. The van der Waals surface area contributed by atoms with Gasteiger partial charge in [0.25, 0.3) is 0 Å². The molecule has 0 heterocycles. The fourth-order valence-electron chi connectivity index (χ4n) is 0.125. The van der Waals surface area contributed by atoms with Crippen molar-refractivity contribution in [2.45, 2.75) is 0 Å². The maximum absolute atomic E-state index is 6.11. The Balaban J connectivity index is 3.46. The van der Waals surface area contributed by atoms with E-state index in [1.807, 2.05) is 0 Å². The first-order chi connectivity index (χ1) is 4.41. The Morgan fingerprint density at radius 1 is 1.33 bits per heavy atom. The molecule has 0 aromatic rings. The minimum absolute atomic E-state index is 0.953. The topological polar surface area (TPSA) is 124 Å². The zero-order valence-corrected chi connectivity index (χ0v) is 4.34. The summed E-state index contributed by atoms with van der Waals surface area (Å²) in [6.45, 7) is 0. The van der Waals surface area contributed by atoms with Crippen molar-refractivity contribution < 1.29 is 0 Å². The third-order valence-corrected chi connectivity index (χ3v) is 0.303. The quantitative estimate of drug-likeness (QED) is 0.242. The molecule has 0 aliphatic heterocycles. The van der Waals surface area contributed by atoms with Gasteiger partial charge in [-0.05, 0) is 0 Å². The predicted molar refractivity (Wildman–Crippen MR) is 27.2 cm³/mol. The minimum atomic E-state index is 0.953. The first-order valence-electron chi connectivity index (χ1n) is 1.80. The van der Waals surface area contributed by atoms with Crippen LogP contribution in [0.3, 0.4) is 0 Å². The van der Waals surface area contributed by atoms with E-state index in [4.69, 9.17) is 5.53 Å². The molecule has 0 aliphatic carbocycles. The summed E-state index contributed by atoms with van der Waals surface area (Å²) in [6, 6.07) is 0. The molecule has 3 N–H and O–H groups in total. The maximum atomic E-state index is 6.11. The average Bonchev–Trinajstić information content (AvgIpc) is 1.89. The Kier molecular flexibility index (Phi) is 5.36. The molecule has 9 heavy (non-hydrogen) atoms. The third kappa shape index (κ3) is 6.46. The molecule has 8 nitrogen and oxygen atoms in total. The van der Waals surface area contributed by atoms with Gasteiger partial charge in [-0.3, -0.25) is 0 Å². The third-order valence-electron chi connectivity index (χ3n) is 0.303. The van der Waals surface area contributed by atoms with Crippen molar-refractivity contribution in [3.05, 3.63) is 0 Å². The molecule has 0 saturated heterocycles. The normalized spacial score (nSPS) is 11.1. The van der Waals surface area contributed by atoms with Crippen LogP contribution in [0.2, 0.25) is 0 Å². The summed E-state index contributed by atoms with van der Waals surface area (Å²) in [7, 11) is 0.953. The molecule has 0 rings (SSSR count). The molecule has 9 heteroatoms. The van der Waals surface area contributed by atoms with E-state index in [0.29, 0.717) is 0 Å². The first-order valence-corrected chi connectivity index (χ1v) is 1.80. The van der Waals surface area contributed by atoms with Crippen molar-refractivity contribution >= 4 is 7.21 Å². The molecule has 0 radical (unpaired) electrons. The van der Waals surface area contributed by atoms with Gasteiger partial charge in [0.15, 0.2) is 0 Å². The molecular formula is H3BN8. The van der Waals surface area contributed by atoms with Crippen LogP contribution in [0.1, 0.15) is 0 Å². The predicted octanol–water partition coefficient (Wildman–Crippen LogP) is 0.428. The number of hydrogen-bond acceptors (Lipinski definition) is 3. The molecular weight excluding hydrogens is 123 g/mol. The fourth-order valence-corrected chi connectivity index (χ4v) is 0.125. The van der Waals surface area contributed by atoms with Gasteiger partial charge >= 0.3 is 49.5 Å². The van der Waals surface area contributed by atoms with E-state index in [1.165, 1.54) is 0 Å². The van der Waals surface area contributed by atoms with Crippen LogP contribution in [0.15, 0.2) is 30.9 Å². The van der Waals surface area contributed by atoms with Gasteiger partial charge in [-0.2, -0.15) is 0 Å². The molecule has 0 bridgehead atoms.